The number of nitrogens with zero attached hydrogens (tertiary/aromatic N) is 2. The van der Waals surface area contributed by atoms with Crippen LogP contribution in [0.4, 0.5) is 0 Å². The smallest absolute Gasteiger partial charge is 0.0992 e. The van der Waals surface area contributed by atoms with E-state index in [0.29, 0.717) is 22.5 Å². The maximum atomic E-state index is 8.84. The van der Waals surface area contributed by atoms with Crippen LogP contribution in [0.2, 0.25) is 5.02 Å². The van der Waals surface area contributed by atoms with Crippen LogP contribution in [0.1, 0.15) is 30.9 Å². The minimum Gasteiger partial charge on any atom is -0.327 e. The SMILES string of the molecule is CCC1CN(Cc2ccc(C#N)cc2Cl)CCC1N. The monoisotopic (exact) mass is 277 g/mol. The van der Waals surface area contributed by atoms with Crippen LogP contribution in [0.15, 0.2) is 18.2 Å². The van der Waals surface area contributed by atoms with Crippen molar-refractivity contribution < 1.29 is 0 Å². The highest BCUT2D eigenvalue weighted by Gasteiger charge is 2.25. The Balaban J connectivity index is 2.04. The van der Waals surface area contributed by atoms with Gasteiger partial charge in [0.25, 0.3) is 0 Å². The molecule has 1 aliphatic heterocycles. The number of hydrogen-bond donors (Lipinski definition) is 1. The van der Waals surface area contributed by atoms with Gasteiger partial charge in [-0.1, -0.05) is 31.0 Å². The molecule has 2 N–H and O–H groups in total. The summed E-state index contributed by atoms with van der Waals surface area (Å²) in [4.78, 5) is 2.41. The van der Waals surface area contributed by atoms with E-state index in [-0.39, 0.29) is 0 Å². The summed E-state index contributed by atoms with van der Waals surface area (Å²) >= 11 is 6.22. The normalized spacial score (nSPS) is 24.1. The van der Waals surface area contributed by atoms with Gasteiger partial charge >= 0.3 is 0 Å². The van der Waals surface area contributed by atoms with Crippen LogP contribution in [-0.4, -0.2) is 24.0 Å². The summed E-state index contributed by atoms with van der Waals surface area (Å²) in [7, 11) is 0. The van der Waals surface area contributed by atoms with Crippen LogP contribution in [0.5, 0.6) is 0 Å². The molecule has 0 saturated carbocycles. The van der Waals surface area contributed by atoms with Gasteiger partial charge in [0.05, 0.1) is 11.6 Å². The second-order valence-electron chi connectivity index (χ2n) is 5.27. The molecule has 0 amide bonds. The molecular formula is C15H20ClN3. The Morgan fingerprint density at radius 1 is 1.53 bits per heavy atom. The van der Waals surface area contributed by atoms with Crippen molar-refractivity contribution in [2.75, 3.05) is 13.1 Å². The Hall–Kier alpha value is -1.08. The number of nitriles is 1. The van der Waals surface area contributed by atoms with Gasteiger partial charge in [-0.15, -0.1) is 0 Å². The number of rotatable bonds is 3. The molecule has 19 heavy (non-hydrogen) atoms. The van der Waals surface area contributed by atoms with Crippen molar-refractivity contribution in [3.05, 3.63) is 34.3 Å². The summed E-state index contributed by atoms with van der Waals surface area (Å²) in [5.41, 5.74) is 7.82. The quantitative estimate of drug-likeness (QED) is 0.924. The Kier molecular flexibility index (Phi) is 4.81. The third-order valence-corrected chi connectivity index (χ3v) is 4.33. The predicted molar refractivity (Wildman–Crippen MR) is 77.8 cm³/mol. The van der Waals surface area contributed by atoms with Gasteiger partial charge in [-0.2, -0.15) is 5.26 Å². The standard InChI is InChI=1S/C15H20ClN3/c1-2-12-9-19(6-5-15(12)18)10-13-4-3-11(8-17)7-14(13)16/h3-4,7,12,15H,2,5-6,9-10,18H2,1H3. The molecule has 1 fully saturated rings. The van der Waals surface area contributed by atoms with Gasteiger partial charge in [0.2, 0.25) is 0 Å². The van der Waals surface area contributed by atoms with E-state index in [1.165, 1.54) is 0 Å². The molecule has 2 rings (SSSR count). The van der Waals surface area contributed by atoms with Crippen LogP contribution in [0.3, 0.4) is 0 Å². The number of benzene rings is 1. The zero-order valence-corrected chi connectivity index (χ0v) is 12.0. The molecule has 0 aromatic heterocycles. The van der Waals surface area contributed by atoms with E-state index < -0.39 is 0 Å². The molecule has 0 radical (unpaired) electrons. The van der Waals surface area contributed by atoms with E-state index in [9.17, 15) is 0 Å². The molecule has 1 aliphatic rings. The summed E-state index contributed by atoms with van der Waals surface area (Å²) < 4.78 is 0. The average Bonchev–Trinajstić information content (AvgIpc) is 2.43. The second kappa shape index (κ2) is 6.38. The van der Waals surface area contributed by atoms with Gasteiger partial charge in [-0.05, 0) is 36.6 Å². The Morgan fingerprint density at radius 3 is 2.95 bits per heavy atom. The van der Waals surface area contributed by atoms with Crippen LogP contribution >= 0.6 is 11.6 Å². The highest BCUT2D eigenvalue weighted by atomic mass is 35.5. The lowest BCUT2D eigenvalue weighted by Crippen LogP contribution is -2.46. The molecule has 2 unspecified atom stereocenters. The number of hydrogen-bond acceptors (Lipinski definition) is 3. The van der Waals surface area contributed by atoms with Crippen LogP contribution in [0, 0.1) is 17.2 Å². The van der Waals surface area contributed by atoms with E-state index in [0.717, 1.165) is 38.0 Å². The minimum atomic E-state index is 0.331. The largest absolute Gasteiger partial charge is 0.327 e. The molecule has 4 heteroatoms. The van der Waals surface area contributed by atoms with Crippen molar-refractivity contribution >= 4 is 11.6 Å². The van der Waals surface area contributed by atoms with E-state index in [1.54, 1.807) is 6.07 Å². The van der Waals surface area contributed by atoms with Crippen molar-refractivity contribution in [1.82, 2.24) is 4.90 Å². The molecule has 1 heterocycles. The van der Waals surface area contributed by atoms with E-state index in [2.05, 4.69) is 17.9 Å². The van der Waals surface area contributed by atoms with Gasteiger partial charge in [-0.25, -0.2) is 0 Å². The molecule has 2 atom stereocenters. The predicted octanol–water partition coefficient (Wildman–Crippen LogP) is 2.77. The topological polar surface area (TPSA) is 53.0 Å². The number of piperidine rings is 1. The highest BCUT2D eigenvalue weighted by Crippen LogP contribution is 2.24. The molecule has 0 spiro atoms. The third-order valence-electron chi connectivity index (χ3n) is 3.98. The van der Waals surface area contributed by atoms with Gasteiger partial charge in [0.15, 0.2) is 0 Å². The molecular weight excluding hydrogens is 258 g/mol. The molecule has 1 aromatic carbocycles. The first kappa shape index (κ1) is 14.3. The fourth-order valence-corrected chi connectivity index (χ4v) is 2.93. The first-order valence-electron chi connectivity index (χ1n) is 6.80. The van der Waals surface area contributed by atoms with Gasteiger partial charge < -0.3 is 5.73 Å². The Labute approximate surface area is 120 Å². The number of halogens is 1. The molecule has 102 valence electrons. The van der Waals surface area contributed by atoms with Gasteiger partial charge in [-0.3, -0.25) is 4.90 Å². The molecule has 1 saturated heterocycles. The summed E-state index contributed by atoms with van der Waals surface area (Å²) in [6.07, 6.45) is 2.17. The lowest BCUT2D eigenvalue weighted by atomic mass is 9.90. The zero-order chi connectivity index (χ0) is 13.8. The van der Waals surface area contributed by atoms with Crippen molar-refractivity contribution in [3.8, 4) is 6.07 Å². The Morgan fingerprint density at radius 2 is 2.32 bits per heavy atom. The number of nitrogens with two attached hydrogens (primary N) is 1. The summed E-state index contributed by atoms with van der Waals surface area (Å²) in [5.74, 6) is 0.575. The van der Waals surface area contributed by atoms with E-state index >= 15 is 0 Å². The lowest BCUT2D eigenvalue weighted by molar-refractivity contribution is 0.145. The van der Waals surface area contributed by atoms with Gasteiger partial charge in [0.1, 0.15) is 0 Å². The molecule has 3 nitrogen and oxygen atoms in total. The maximum absolute atomic E-state index is 8.84. The van der Waals surface area contributed by atoms with Crippen LogP contribution in [-0.2, 0) is 6.54 Å². The van der Waals surface area contributed by atoms with Crippen molar-refractivity contribution in [2.45, 2.75) is 32.4 Å². The van der Waals surface area contributed by atoms with Crippen LogP contribution in [0.25, 0.3) is 0 Å². The van der Waals surface area contributed by atoms with Crippen molar-refractivity contribution in [1.29, 1.82) is 5.26 Å². The number of likely N-dealkylation sites (tertiary alicyclic amines) is 1. The van der Waals surface area contributed by atoms with Crippen molar-refractivity contribution in [3.63, 3.8) is 0 Å². The molecule has 1 aromatic rings. The van der Waals surface area contributed by atoms with Crippen molar-refractivity contribution in [2.24, 2.45) is 11.7 Å². The zero-order valence-electron chi connectivity index (χ0n) is 11.3. The average molecular weight is 278 g/mol. The third kappa shape index (κ3) is 3.48. The highest BCUT2D eigenvalue weighted by molar-refractivity contribution is 6.31. The summed E-state index contributed by atoms with van der Waals surface area (Å²) in [6, 6.07) is 7.96. The molecule has 0 aliphatic carbocycles. The maximum Gasteiger partial charge on any atom is 0.0992 e. The summed E-state index contributed by atoms with van der Waals surface area (Å²) in [6.45, 7) is 5.10. The lowest BCUT2D eigenvalue weighted by Gasteiger charge is -2.36. The van der Waals surface area contributed by atoms with Crippen LogP contribution < -0.4 is 5.73 Å². The fourth-order valence-electron chi connectivity index (χ4n) is 2.69. The molecule has 0 bridgehead atoms. The second-order valence-corrected chi connectivity index (χ2v) is 5.68. The first-order valence-corrected chi connectivity index (χ1v) is 7.18. The van der Waals surface area contributed by atoms with E-state index in [1.807, 2.05) is 12.1 Å². The van der Waals surface area contributed by atoms with Gasteiger partial charge in [0, 0.05) is 24.2 Å². The Bertz CT molecular complexity index is 481. The summed E-state index contributed by atoms with van der Waals surface area (Å²) in [5, 5.41) is 9.52. The minimum absolute atomic E-state index is 0.331. The fraction of sp³-hybridized carbons (Fsp3) is 0.533. The van der Waals surface area contributed by atoms with E-state index in [4.69, 9.17) is 22.6 Å². The first-order chi connectivity index (χ1) is 9.13.